The van der Waals surface area contributed by atoms with Crippen LogP contribution in [-0.4, -0.2) is 5.91 Å². The molecular formula is C15H14INO. The van der Waals surface area contributed by atoms with Crippen LogP contribution in [0, 0.1) is 3.57 Å². The van der Waals surface area contributed by atoms with E-state index >= 15 is 0 Å². The normalized spacial score (nSPS) is 11.9. The average molecular weight is 351 g/mol. The van der Waals surface area contributed by atoms with Gasteiger partial charge in [-0.2, -0.15) is 0 Å². The minimum Gasteiger partial charge on any atom is -0.345 e. The summed E-state index contributed by atoms with van der Waals surface area (Å²) in [6, 6.07) is 17.5. The first-order valence-corrected chi connectivity index (χ1v) is 6.86. The second-order valence-electron chi connectivity index (χ2n) is 4.09. The fourth-order valence-corrected chi connectivity index (χ4v) is 2.38. The van der Waals surface area contributed by atoms with Gasteiger partial charge >= 0.3 is 0 Å². The quantitative estimate of drug-likeness (QED) is 0.838. The van der Waals surface area contributed by atoms with Crippen molar-refractivity contribution in [2.45, 2.75) is 13.0 Å². The molecule has 0 saturated heterocycles. The second-order valence-corrected chi connectivity index (χ2v) is 5.25. The van der Waals surface area contributed by atoms with Gasteiger partial charge in [0, 0.05) is 3.57 Å². The van der Waals surface area contributed by atoms with Crippen LogP contribution in [0.5, 0.6) is 0 Å². The third-order valence-electron chi connectivity index (χ3n) is 2.77. The monoisotopic (exact) mass is 351 g/mol. The lowest BCUT2D eigenvalue weighted by Gasteiger charge is -2.14. The van der Waals surface area contributed by atoms with Gasteiger partial charge in [-0.15, -0.1) is 0 Å². The fourth-order valence-electron chi connectivity index (χ4n) is 1.74. The lowest BCUT2D eigenvalue weighted by molar-refractivity contribution is 0.0939. The second kappa shape index (κ2) is 6.00. The summed E-state index contributed by atoms with van der Waals surface area (Å²) in [4.78, 5) is 12.1. The van der Waals surface area contributed by atoms with Gasteiger partial charge < -0.3 is 5.32 Å². The van der Waals surface area contributed by atoms with Crippen molar-refractivity contribution in [2.24, 2.45) is 0 Å². The molecule has 0 radical (unpaired) electrons. The van der Waals surface area contributed by atoms with E-state index in [2.05, 4.69) is 27.9 Å². The predicted molar refractivity (Wildman–Crippen MR) is 81.5 cm³/mol. The molecule has 2 aromatic rings. The first kappa shape index (κ1) is 13.1. The van der Waals surface area contributed by atoms with E-state index in [0.29, 0.717) is 0 Å². The van der Waals surface area contributed by atoms with Gasteiger partial charge in [0.1, 0.15) is 0 Å². The lowest BCUT2D eigenvalue weighted by atomic mass is 10.1. The van der Waals surface area contributed by atoms with Crippen molar-refractivity contribution in [3.8, 4) is 0 Å². The highest BCUT2D eigenvalue weighted by Gasteiger charge is 2.12. The standard InChI is InChI=1S/C15H14INO/c1-11(12-7-3-2-4-8-12)17-15(18)13-9-5-6-10-14(13)16/h2-11H,1H3,(H,17,18)/t11-/m1/s1. The van der Waals surface area contributed by atoms with Crippen molar-refractivity contribution in [1.82, 2.24) is 5.32 Å². The number of halogens is 1. The SMILES string of the molecule is C[C@@H](NC(=O)c1ccccc1I)c1ccccc1. The average Bonchev–Trinajstić information content (AvgIpc) is 2.40. The van der Waals surface area contributed by atoms with E-state index in [0.717, 1.165) is 14.7 Å². The Morgan fingerprint density at radius 2 is 1.67 bits per heavy atom. The molecule has 1 N–H and O–H groups in total. The first-order chi connectivity index (χ1) is 8.68. The van der Waals surface area contributed by atoms with Gasteiger partial charge in [0.25, 0.3) is 5.91 Å². The van der Waals surface area contributed by atoms with E-state index in [9.17, 15) is 4.79 Å². The Labute approximate surface area is 121 Å². The summed E-state index contributed by atoms with van der Waals surface area (Å²) < 4.78 is 0.966. The maximum absolute atomic E-state index is 12.1. The highest BCUT2D eigenvalue weighted by molar-refractivity contribution is 14.1. The summed E-state index contributed by atoms with van der Waals surface area (Å²) in [7, 11) is 0. The van der Waals surface area contributed by atoms with Gasteiger partial charge in [0.2, 0.25) is 0 Å². The van der Waals surface area contributed by atoms with E-state index in [4.69, 9.17) is 0 Å². The molecule has 2 aromatic carbocycles. The molecule has 0 unspecified atom stereocenters. The zero-order valence-corrected chi connectivity index (χ0v) is 12.2. The van der Waals surface area contributed by atoms with Crippen LogP contribution >= 0.6 is 22.6 Å². The zero-order valence-electron chi connectivity index (χ0n) is 10.1. The van der Waals surface area contributed by atoms with E-state index in [-0.39, 0.29) is 11.9 Å². The van der Waals surface area contributed by atoms with Crippen molar-refractivity contribution < 1.29 is 4.79 Å². The van der Waals surface area contributed by atoms with Gasteiger partial charge in [-0.25, -0.2) is 0 Å². The number of hydrogen-bond acceptors (Lipinski definition) is 1. The van der Waals surface area contributed by atoms with Gasteiger partial charge in [0.05, 0.1) is 11.6 Å². The van der Waals surface area contributed by atoms with Gasteiger partial charge in [-0.05, 0) is 47.2 Å². The Morgan fingerprint density at radius 1 is 1.06 bits per heavy atom. The number of nitrogens with one attached hydrogen (secondary N) is 1. The minimum absolute atomic E-state index is 0.00899. The summed E-state index contributed by atoms with van der Waals surface area (Å²) in [6.07, 6.45) is 0. The smallest absolute Gasteiger partial charge is 0.252 e. The third kappa shape index (κ3) is 3.10. The molecule has 0 saturated carbocycles. The predicted octanol–water partition coefficient (Wildman–Crippen LogP) is 3.78. The molecule has 0 aliphatic heterocycles. The summed E-state index contributed by atoms with van der Waals surface area (Å²) in [6.45, 7) is 1.99. The molecule has 0 heterocycles. The summed E-state index contributed by atoms with van der Waals surface area (Å²) in [5, 5.41) is 3.01. The molecular weight excluding hydrogens is 337 g/mol. The number of carbonyl (C=O) groups is 1. The highest BCUT2D eigenvalue weighted by Crippen LogP contribution is 2.15. The van der Waals surface area contributed by atoms with Crippen molar-refractivity contribution in [3.05, 3.63) is 69.3 Å². The van der Waals surface area contributed by atoms with Crippen molar-refractivity contribution >= 4 is 28.5 Å². The number of carbonyl (C=O) groups excluding carboxylic acids is 1. The Morgan fingerprint density at radius 3 is 2.33 bits per heavy atom. The van der Waals surface area contributed by atoms with E-state index in [1.807, 2.05) is 61.5 Å². The third-order valence-corrected chi connectivity index (χ3v) is 3.71. The van der Waals surface area contributed by atoms with Crippen molar-refractivity contribution in [2.75, 3.05) is 0 Å². The van der Waals surface area contributed by atoms with Crippen LogP contribution in [0.3, 0.4) is 0 Å². The van der Waals surface area contributed by atoms with Crippen LogP contribution < -0.4 is 5.32 Å². The van der Waals surface area contributed by atoms with Crippen LogP contribution in [0.1, 0.15) is 28.9 Å². The molecule has 0 spiro atoms. The highest BCUT2D eigenvalue weighted by atomic mass is 127. The largest absolute Gasteiger partial charge is 0.345 e. The number of hydrogen-bond donors (Lipinski definition) is 1. The van der Waals surface area contributed by atoms with Crippen LogP contribution in [0.4, 0.5) is 0 Å². The summed E-state index contributed by atoms with van der Waals surface area (Å²) in [5.41, 5.74) is 1.83. The molecule has 3 heteroatoms. The molecule has 2 nitrogen and oxygen atoms in total. The molecule has 18 heavy (non-hydrogen) atoms. The van der Waals surface area contributed by atoms with Crippen LogP contribution in [-0.2, 0) is 0 Å². The molecule has 0 aliphatic carbocycles. The molecule has 0 bridgehead atoms. The van der Waals surface area contributed by atoms with E-state index in [1.165, 1.54) is 0 Å². The zero-order chi connectivity index (χ0) is 13.0. The Balaban J connectivity index is 2.11. The molecule has 1 amide bonds. The minimum atomic E-state index is -0.0312. The first-order valence-electron chi connectivity index (χ1n) is 5.79. The maximum atomic E-state index is 12.1. The van der Waals surface area contributed by atoms with Gasteiger partial charge in [-0.3, -0.25) is 4.79 Å². The summed E-state index contributed by atoms with van der Waals surface area (Å²) >= 11 is 2.18. The molecule has 0 aromatic heterocycles. The van der Waals surface area contributed by atoms with Gasteiger partial charge in [-0.1, -0.05) is 42.5 Å². The van der Waals surface area contributed by atoms with Crippen LogP contribution in [0.15, 0.2) is 54.6 Å². The fraction of sp³-hybridized carbons (Fsp3) is 0.133. The van der Waals surface area contributed by atoms with Crippen LogP contribution in [0.25, 0.3) is 0 Å². The molecule has 92 valence electrons. The summed E-state index contributed by atoms with van der Waals surface area (Å²) in [5.74, 6) is -0.0312. The Kier molecular flexibility index (Phi) is 4.36. The van der Waals surface area contributed by atoms with Gasteiger partial charge in [0.15, 0.2) is 0 Å². The Bertz CT molecular complexity index is 539. The molecule has 0 aliphatic rings. The topological polar surface area (TPSA) is 29.1 Å². The van der Waals surface area contributed by atoms with E-state index in [1.54, 1.807) is 0 Å². The van der Waals surface area contributed by atoms with Crippen LogP contribution in [0.2, 0.25) is 0 Å². The molecule has 2 rings (SSSR count). The molecule has 0 fully saturated rings. The van der Waals surface area contributed by atoms with Crippen molar-refractivity contribution in [3.63, 3.8) is 0 Å². The van der Waals surface area contributed by atoms with E-state index < -0.39 is 0 Å². The maximum Gasteiger partial charge on any atom is 0.252 e. The number of benzene rings is 2. The number of amides is 1. The number of rotatable bonds is 3. The lowest BCUT2D eigenvalue weighted by Crippen LogP contribution is -2.27. The van der Waals surface area contributed by atoms with Crippen molar-refractivity contribution in [1.29, 1.82) is 0 Å². The molecule has 1 atom stereocenters. The Hall–Kier alpha value is -1.36.